The van der Waals surface area contributed by atoms with Gasteiger partial charge < -0.3 is 9.84 Å². The summed E-state index contributed by atoms with van der Waals surface area (Å²) in [7, 11) is 0. The van der Waals surface area contributed by atoms with Crippen molar-refractivity contribution < 1.29 is 24.3 Å². The van der Waals surface area contributed by atoms with Gasteiger partial charge in [0.15, 0.2) is 17.6 Å². The number of anilines is 2. The van der Waals surface area contributed by atoms with Gasteiger partial charge in [0.2, 0.25) is 5.91 Å². The number of phenols is 1. The van der Waals surface area contributed by atoms with Crippen LogP contribution in [0.3, 0.4) is 0 Å². The first-order chi connectivity index (χ1) is 18.0. The lowest BCUT2D eigenvalue weighted by Gasteiger charge is -2.29. The van der Waals surface area contributed by atoms with Gasteiger partial charge in [0.25, 0.3) is 5.91 Å². The third-order valence-electron chi connectivity index (χ3n) is 6.83. The molecule has 0 spiro atoms. The molecule has 4 aromatic rings. The van der Waals surface area contributed by atoms with Crippen LogP contribution in [-0.2, 0) is 14.4 Å². The molecule has 186 valence electrons. The number of hydrogen-bond acceptors (Lipinski definition) is 6. The van der Waals surface area contributed by atoms with Crippen molar-refractivity contribution in [3.05, 3.63) is 95.0 Å². The fourth-order valence-corrected chi connectivity index (χ4v) is 5.68. The SMILES string of the molecule is CCOc1cc([C@@H]2[C@@H]3C(=O)N(c4cccc5ccccc45)C(=O)[C@@H]3ON2c2ccccc2)cc(Br)c1O. The van der Waals surface area contributed by atoms with Gasteiger partial charge >= 0.3 is 0 Å². The number of phenolic OH excluding ortho intramolecular Hbond substituents is 1. The molecule has 4 aromatic carbocycles. The average Bonchev–Trinajstić information content (AvgIpc) is 3.42. The maximum atomic E-state index is 14.1. The average molecular weight is 559 g/mol. The molecule has 2 aliphatic rings. The number of hydrogen-bond donors (Lipinski definition) is 1. The van der Waals surface area contributed by atoms with E-state index in [0.717, 1.165) is 10.8 Å². The Bertz CT molecular complexity index is 1520. The zero-order chi connectivity index (χ0) is 25.7. The molecule has 2 saturated heterocycles. The predicted octanol–water partition coefficient (Wildman–Crippen LogP) is 5.76. The smallest absolute Gasteiger partial charge is 0.266 e. The Kier molecular flexibility index (Phi) is 5.85. The molecule has 0 aromatic heterocycles. The van der Waals surface area contributed by atoms with E-state index in [4.69, 9.17) is 9.57 Å². The fraction of sp³-hybridized carbons (Fsp3) is 0.172. The predicted molar refractivity (Wildman–Crippen MR) is 143 cm³/mol. The second-order valence-electron chi connectivity index (χ2n) is 8.95. The van der Waals surface area contributed by atoms with Crippen molar-refractivity contribution in [2.45, 2.75) is 19.1 Å². The molecule has 7 nitrogen and oxygen atoms in total. The molecule has 0 aliphatic carbocycles. The minimum Gasteiger partial charge on any atom is -0.503 e. The fourth-order valence-electron chi connectivity index (χ4n) is 5.22. The van der Waals surface area contributed by atoms with Gasteiger partial charge in [-0.25, -0.2) is 9.96 Å². The van der Waals surface area contributed by atoms with E-state index in [2.05, 4.69) is 15.9 Å². The van der Waals surface area contributed by atoms with E-state index in [1.807, 2.05) is 73.7 Å². The van der Waals surface area contributed by atoms with Crippen LogP contribution in [0.4, 0.5) is 11.4 Å². The summed E-state index contributed by atoms with van der Waals surface area (Å²) >= 11 is 3.41. The van der Waals surface area contributed by atoms with Crippen molar-refractivity contribution in [3.63, 3.8) is 0 Å². The lowest BCUT2D eigenvalue weighted by atomic mass is 9.90. The highest BCUT2D eigenvalue weighted by Gasteiger charge is 2.60. The Morgan fingerprint density at radius 1 is 0.946 bits per heavy atom. The number of aromatic hydroxyl groups is 1. The van der Waals surface area contributed by atoms with Crippen LogP contribution < -0.4 is 14.7 Å². The van der Waals surface area contributed by atoms with Crippen molar-refractivity contribution in [3.8, 4) is 11.5 Å². The first-order valence-electron chi connectivity index (χ1n) is 12.0. The Hall–Kier alpha value is -3.88. The normalized spacial score (nSPS) is 21.1. The molecule has 0 radical (unpaired) electrons. The molecule has 6 rings (SSSR count). The van der Waals surface area contributed by atoms with Gasteiger partial charge in [0.05, 0.1) is 28.5 Å². The van der Waals surface area contributed by atoms with E-state index in [0.29, 0.717) is 28.0 Å². The number of fused-ring (bicyclic) bond motifs is 2. The summed E-state index contributed by atoms with van der Waals surface area (Å²) in [6.07, 6.45) is -1.00. The zero-order valence-electron chi connectivity index (χ0n) is 19.9. The number of hydroxylamine groups is 1. The molecule has 2 amide bonds. The second kappa shape index (κ2) is 9.21. The number of carbonyl (C=O) groups is 2. The molecule has 0 bridgehead atoms. The number of imide groups is 1. The Morgan fingerprint density at radius 3 is 2.46 bits per heavy atom. The lowest BCUT2D eigenvalue weighted by molar-refractivity contribution is -0.126. The molecular formula is C29H23BrN2O5. The summed E-state index contributed by atoms with van der Waals surface area (Å²) in [5.41, 5.74) is 1.92. The van der Waals surface area contributed by atoms with Crippen LogP contribution >= 0.6 is 15.9 Å². The maximum Gasteiger partial charge on any atom is 0.266 e. The highest BCUT2D eigenvalue weighted by molar-refractivity contribution is 9.10. The number of rotatable bonds is 5. The van der Waals surface area contributed by atoms with E-state index < -0.39 is 24.0 Å². The lowest BCUT2D eigenvalue weighted by Crippen LogP contribution is -2.37. The first-order valence-corrected chi connectivity index (χ1v) is 12.8. The van der Waals surface area contributed by atoms with E-state index in [1.165, 1.54) is 4.90 Å². The molecule has 3 atom stereocenters. The Morgan fingerprint density at radius 2 is 1.68 bits per heavy atom. The van der Waals surface area contributed by atoms with Crippen molar-refractivity contribution in [2.24, 2.45) is 5.92 Å². The van der Waals surface area contributed by atoms with Gasteiger partial charge in [-0.05, 0) is 64.1 Å². The number of benzene rings is 4. The summed E-state index contributed by atoms with van der Waals surface area (Å²) in [5, 5.41) is 13.9. The van der Waals surface area contributed by atoms with Gasteiger partial charge in [-0.15, -0.1) is 0 Å². The number of nitrogens with zero attached hydrogens (tertiary/aromatic N) is 2. The molecule has 0 saturated carbocycles. The van der Waals surface area contributed by atoms with Gasteiger partial charge in [-0.3, -0.25) is 14.4 Å². The van der Waals surface area contributed by atoms with Crippen molar-refractivity contribution in [2.75, 3.05) is 16.6 Å². The summed E-state index contributed by atoms with van der Waals surface area (Å²) < 4.78 is 6.08. The van der Waals surface area contributed by atoms with E-state index >= 15 is 0 Å². The number of para-hydroxylation sites is 1. The van der Waals surface area contributed by atoms with Gasteiger partial charge in [0.1, 0.15) is 5.92 Å². The highest BCUT2D eigenvalue weighted by atomic mass is 79.9. The minimum absolute atomic E-state index is 0.0291. The summed E-state index contributed by atoms with van der Waals surface area (Å²) in [4.78, 5) is 35.3. The Labute approximate surface area is 221 Å². The standard InChI is InChI=1S/C29H23BrN2O5/c1-2-36-23-16-18(15-21(30)26(23)33)25-24-27(37-32(25)19-11-4-3-5-12-19)29(35)31(28(24)34)22-14-8-10-17-9-6-7-13-20(17)22/h3-16,24-25,27,33H,2H2,1H3/t24-,25+,27+/m0/s1. The minimum atomic E-state index is -1.00. The maximum absolute atomic E-state index is 14.1. The molecule has 0 unspecified atom stereocenters. The quantitative estimate of drug-likeness (QED) is 0.314. The largest absolute Gasteiger partial charge is 0.503 e. The van der Waals surface area contributed by atoms with Crippen LogP contribution in [0.5, 0.6) is 11.5 Å². The second-order valence-corrected chi connectivity index (χ2v) is 9.80. The van der Waals surface area contributed by atoms with Crippen LogP contribution in [0, 0.1) is 5.92 Å². The van der Waals surface area contributed by atoms with Crippen molar-refractivity contribution >= 4 is 49.9 Å². The summed E-state index contributed by atoms with van der Waals surface area (Å²) in [6.45, 7) is 2.18. The zero-order valence-corrected chi connectivity index (χ0v) is 21.5. The van der Waals surface area contributed by atoms with Gasteiger partial charge in [0, 0.05) is 5.39 Å². The van der Waals surface area contributed by atoms with Crippen LogP contribution in [0.1, 0.15) is 18.5 Å². The number of carbonyl (C=O) groups excluding carboxylic acids is 2. The monoisotopic (exact) mass is 558 g/mol. The number of halogens is 1. The summed E-state index contributed by atoms with van der Waals surface area (Å²) in [6, 6.07) is 25.4. The number of ether oxygens (including phenoxy) is 1. The molecule has 2 fully saturated rings. The first kappa shape index (κ1) is 23.5. The topological polar surface area (TPSA) is 79.3 Å². The van der Waals surface area contributed by atoms with Gasteiger partial charge in [-0.2, -0.15) is 0 Å². The molecule has 2 heterocycles. The highest BCUT2D eigenvalue weighted by Crippen LogP contribution is 2.50. The van der Waals surface area contributed by atoms with Crippen molar-refractivity contribution in [1.29, 1.82) is 0 Å². The molecule has 8 heteroatoms. The van der Waals surface area contributed by atoms with Gasteiger partial charge in [-0.1, -0.05) is 54.6 Å². The van der Waals surface area contributed by atoms with E-state index in [-0.39, 0.29) is 17.4 Å². The molecule has 1 N–H and O–H groups in total. The van der Waals surface area contributed by atoms with Crippen LogP contribution in [0.2, 0.25) is 0 Å². The molecule has 2 aliphatic heterocycles. The van der Waals surface area contributed by atoms with Crippen LogP contribution in [0.25, 0.3) is 10.8 Å². The third-order valence-corrected chi connectivity index (χ3v) is 7.43. The summed E-state index contributed by atoms with van der Waals surface area (Å²) in [5.74, 6) is -1.29. The molecular weight excluding hydrogens is 536 g/mol. The van der Waals surface area contributed by atoms with Crippen LogP contribution in [-0.4, -0.2) is 29.6 Å². The number of amides is 2. The Balaban J connectivity index is 1.49. The van der Waals surface area contributed by atoms with Crippen LogP contribution in [0.15, 0.2) is 89.4 Å². The van der Waals surface area contributed by atoms with E-state index in [9.17, 15) is 14.7 Å². The van der Waals surface area contributed by atoms with Crippen molar-refractivity contribution in [1.82, 2.24) is 0 Å². The molecule has 37 heavy (non-hydrogen) atoms. The third kappa shape index (κ3) is 3.75. The van der Waals surface area contributed by atoms with E-state index in [1.54, 1.807) is 23.3 Å².